The number of carbonyl (C=O) groups is 2. The number of likely N-dealkylation sites (tertiary alicyclic amines) is 1. The number of hydrogen-bond donors (Lipinski definition) is 1. The van der Waals surface area contributed by atoms with Gasteiger partial charge in [-0.3, -0.25) is 14.5 Å². The fourth-order valence-electron chi connectivity index (χ4n) is 5.85. The number of carbonyl (C=O) groups excluding carboxylic acids is 1. The zero-order valence-electron chi connectivity index (χ0n) is 24.1. The van der Waals surface area contributed by atoms with Crippen LogP contribution in [0.4, 0.5) is 0 Å². The van der Waals surface area contributed by atoms with Crippen molar-refractivity contribution in [3.8, 4) is 11.5 Å². The van der Waals surface area contributed by atoms with Crippen molar-refractivity contribution in [3.05, 3.63) is 35.9 Å². The SMILES string of the molecule is C/C=C/C(C)(C)CC1C(C(=O)O)C(c2ccc3c(c2)OCO3)CN1CC(=O)N(CCCC)CCCN(C)C. The molecule has 1 aromatic carbocycles. The van der Waals surface area contributed by atoms with Crippen LogP contribution in [0, 0.1) is 11.3 Å². The molecule has 3 atom stereocenters. The van der Waals surface area contributed by atoms with Crippen LogP contribution in [0.3, 0.4) is 0 Å². The molecule has 1 N–H and O–H groups in total. The summed E-state index contributed by atoms with van der Waals surface area (Å²) < 4.78 is 11.1. The van der Waals surface area contributed by atoms with Crippen molar-refractivity contribution in [2.75, 3.05) is 53.6 Å². The summed E-state index contributed by atoms with van der Waals surface area (Å²) in [5.74, 6) is -0.289. The molecule has 0 radical (unpaired) electrons. The Balaban J connectivity index is 1.89. The van der Waals surface area contributed by atoms with E-state index in [1.54, 1.807) is 0 Å². The lowest BCUT2D eigenvalue weighted by Gasteiger charge is -2.34. The van der Waals surface area contributed by atoms with Gasteiger partial charge in [0.15, 0.2) is 11.5 Å². The molecule has 1 amide bonds. The maximum atomic E-state index is 13.7. The molecule has 38 heavy (non-hydrogen) atoms. The largest absolute Gasteiger partial charge is 0.481 e. The smallest absolute Gasteiger partial charge is 0.308 e. The predicted molar refractivity (Wildman–Crippen MR) is 150 cm³/mol. The summed E-state index contributed by atoms with van der Waals surface area (Å²) in [4.78, 5) is 32.7. The van der Waals surface area contributed by atoms with Gasteiger partial charge in [-0.2, -0.15) is 0 Å². The van der Waals surface area contributed by atoms with Gasteiger partial charge in [0.05, 0.1) is 12.5 Å². The standard InChI is InChI=1S/C30H47N3O5/c1-7-9-15-32(16-10-14-31(5)6)27(34)20-33-19-23(22-11-12-25-26(17-22)38-21-37-25)28(29(35)36)24(33)18-30(3,4)13-8-2/h8,11-13,17,23-24,28H,7,9-10,14-16,18-21H2,1-6H3,(H,35,36)/b13-8+. The van der Waals surface area contributed by atoms with E-state index in [1.165, 1.54) is 0 Å². The summed E-state index contributed by atoms with van der Waals surface area (Å²) in [7, 11) is 4.09. The lowest BCUT2D eigenvalue weighted by Crippen LogP contribution is -2.46. The van der Waals surface area contributed by atoms with Gasteiger partial charge in [0.2, 0.25) is 12.7 Å². The van der Waals surface area contributed by atoms with Crippen molar-refractivity contribution in [2.24, 2.45) is 11.3 Å². The number of carboxylic acid groups (broad SMARTS) is 1. The minimum atomic E-state index is -0.822. The second-order valence-corrected chi connectivity index (χ2v) is 11.7. The topological polar surface area (TPSA) is 82.5 Å². The van der Waals surface area contributed by atoms with Crippen LogP contribution < -0.4 is 9.47 Å². The fraction of sp³-hybridized carbons (Fsp3) is 0.667. The molecule has 3 rings (SSSR count). The first-order valence-corrected chi connectivity index (χ1v) is 14.0. The maximum absolute atomic E-state index is 13.7. The normalized spacial score (nSPS) is 21.5. The molecule has 8 heteroatoms. The Morgan fingerprint density at radius 2 is 1.84 bits per heavy atom. The molecular weight excluding hydrogens is 482 g/mol. The first-order chi connectivity index (χ1) is 18.1. The Hall–Kier alpha value is -2.58. The van der Waals surface area contributed by atoms with Crippen molar-refractivity contribution in [2.45, 2.75) is 65.3 Å². The zero-order valence-corrected chi connectivity index (χ0v) is 24.1. The van der Waals surface area contributed by atoms with Crippen LogP contribution in [0.5, 0.6) is 11.5 Å². The van der Waals surface area contributed by atoms with Gasteiger partial charge in [-0.1, -0.05) is 45.4 Å². The van der Waals surface area contributed by atoms with Gasteiger partial charge in [0.25, 0.3) is 0 Å². The lowest BCUT2D eigenvalue weighted by molar-refractivity contribution is -0.144. The van der Waals surface area contributed by atoms with E-state index < -0.39 is 11.9 Å². The molecule has 0 spiro atoms. The molecule has 0 bridgehead atoms. The van der Waals surface area contributed by atoms with Crippen molar-refractivity contribution in [3.63, 3.8) is 0 Å². The third-order valence-electron chi connectivity index (χ3n) is 7.72. The molecule has 0 saturated carbocycles. The van der Waals surface area contributed by atoms with Gasteiger partial charge < -0.3 is 24.4 Å². The number of unbranched alkanes of at least 4 members (excludes halogenated alkanes) is 1. The molecule has 3 unspecified atom stereocenters. The van der Waals surface area contributed by atoms with Crippen molar-refractivity contribution in [1.29, 1.82) is 0 Å². The second-order valence-electron chi connectivity index (χ2n) is 11.7. The van der Waals surface area contributed by atoms with E-state index in [4.69, 9.17) is 9.47 Å². The van der Waals surface area contributed by atoms with Gasteiger partial charge in [-0.15, -0.1) is 0 Å². The minimum absolute atomic E-state index is 0.0847. The molecule has 0 aromatic heterocycles. The highest BCUT2D eigenvalue weighted by molar-refractivity contribution is 5.79. The third kappa shape index (κ3) is 7.73. The van der Waals surface area contributed by atoms with E-state index in [0.717, 1.165) is 37.9 Å². The molecule has 1 saturated heterocycles. The van der Waals surface area contributed by atoms with E-state index in [9.17, 15) is 14.7 Å². The third-order valence-corrected chi connectivity index (χ3v) is 7.72. The van der Waals surface area contributed by atoms with E-state index >= 15 is 0 Å². The van der Waals surface area contributed by atoms with E-state index in [1.807, 2.05) is 50.2 Å². The van der Waals surface area contributed by atoms with Crippen LogP contribution in [0.1, 0.15) is 64.9 Å². The predicted octanol–water partition coefficient (Wildman–Crippen LogP) is 4.46. The Labute approximate surface area is 228 Å². The zero-order chi connectivity index (χ0) is 27.9. The van der Waals surface area contributed by atoms with Gasteiger partial charge in [-0.25, -0.2) is 0 Å². The van der Waals surface area contributed by atoms with Gasteiger partial charge in [-0.05, 0) is 69.9 Å². The summed E-state index contributed by atoms with van der Waals surface area (Å²) in [6.45, 7) is 11.7. The number of fused-ring (bicyclic) bond motifs is 1. The number of rotatable bonds is 14. The van der Waals surface area contributed by atoms with E-state index in [-0.39, 0.29) is 36.6 Å². The van der Waals surface area contributed by atoms with Gasteiger partial charge in [0, 0.05) is 31.6 Å². The summed E-state index contributed by atoms with van der Waals surface area (Å²) in [6, 6.07) is 5.45. The number of ether oxygens (including phenoxy) is 2. The van der Waals surface area contributed by atoms with Crippen molar-refractivity contribution >= 4 is 11.9 Å². The number of hydrogen-bond acceptors (Lipinski definition) is 6. The minimum Gasteiger partial charge on any atom is -0.481 e. The number of amides is 1. The number of allylic oxidation sites excluding steroid dienone is 2. The summed E-state index contributed by atoms with van der Waals surface area (Å²) in [5.41, 5.74) is 0.713. The summed E-state index contributed by atoms with van der Waals surface area (Å²) in [5, 5.41) is 10.5. The second kappa shape index (κ2) is 13.5. The number of carboxylic acids is 1. The monoisotopic (exact) mass is 529 g/mol. The highest BCUT2D eigenvalue weighted by Crippen LogP contribution is 2.45. The molecule has 212 valence electrons. The first kappa shape index (κ1) is 30.0. The van der Waals surface area contributed by atoms with Crippen LogP contribution in [-0.2, 0) is 9.59 Å². The highest BCUT2D eigenvalue weighted by Gasteiger charge is 2.48. The number of benzene rings is 1. The molecule has 2 aliphatic heterocycles. The number of nitrogens with zero attached hydrogens (tertiary/aromatic N) is 3. The van der Waals surface area contributed by atoms with Gasteiger partial charge in [0.1, 0.15) is 0 Å². The maximum Gasteiger partial charge on any atom is 0.308 e. The summed E-state index contributed by atoms with van der Waals surface area (Å²) in [6.07, 6.45) is 7.70. The fourth-order valence-corrected chi connectivity index (χ4v) is 5.85. The molecular formula is C30H47N3O5. The molecule has 8 nitrogen and oxygen atoms in total. The van der Waals surface area contributed by atoms with Crippen LogP contribution >= 0.6 is 0 Å². The quantitative estimate of drug-likeness (QED) is 0.357. The Kier molecular flexibility index (Phi) is 10.6. The summed E-state index contributed by atoms with van der Waals surface area (Å²) >= 11 is 0. The first-order valence-electron chi connectivity index (χ1n) is 14.0. The lowest BCUT2D eigenvalue weighted by atomic mass is 9.77. The van der Waals surface area contributed by atoms with Gasteiger partial charge >= 0.3 is 5.97 Å². The Morgan fingerprint density at radius 3 is 2.50 bits per heavy atom. The average Bonchev–Trinajstić information content (AvgIpc) is 3.44. The van der Waals surface area contributed by atoms with Crippen LogP contribution in [0.25, 0.3) is 0 Å². The highest BCUT2D eigenvalue weighted by atomic mass is 16.7. The molecule has 0 aliphatic carbocycles. The van der Waals surface area contributed by atoms with Crippen molar-refractivity contribution in [1.82, 2.24) is 14.7 Å². The number of aliphatic carboxylic acids is 1. The molecule has 1 fully saturated rings. The Morgan fingerprint density at radius 1 is 1.13 bits per heavy atom. The molecule has 2 heterocycles. The van der Waals surface area contributed by atoms with E-state index in [2.05, 4.69) is 36.6 Å². The van der Waals surface area contributed by atoms with Crippen LogP contribution in [0.2, 0.25) is 0 Å². The van der Waals surface area contributed by atoms with Crippen LogP contribution in [-0.4, -0.2) is 91.3 Å². The molecule has 2 aliphatic rings. The van der Waals surface area contributed by atoms with Crippen LogP contribution in [0.15, 0.2) is 30.4 Å². The molecule has 1 aromatic rings. The average molecular weight is 530 g/mol. The Bertz CT molecular complexity index is 977. The van der Waals surface area contributed by atoms with Crippen molar-refractivity contribution < 1.29 is 24.2 Å². The van der Waals surface area contributed by atoms with E-state index in [0.29, 0.717) is 31.0 Å².